The van der Waals surface area contributed by atoms with E-state index in [1.165, 1.54) is 5.39 Å². The van der Waals surface area contributed by atoms with Crippen molar-refractivity contribution in [3.05, 3.63) is 60.9 Å². The van der Waals surface area contributed by atoms with E-state index < -0.39 is 0 Å². The Balaban J connectivity index is 0.000000494. The van der Waals surface area contributed by atoms with Crippen molar-refractivity contribution in [1.82, 2.24) is 9.97 Å². The molecule has 0 aliphatic carbocycles. The van der Waals surface area contributed by atoms with Gasteiger partial charge in [0.1, 0.15) is 0 Å². The first kappa shape index (κ1) is 20.0. The third-order valence-electron chi connectivity index (χ3n) is 3.33. The van der Waals surface area contributed by atoms with Crippen molar-refractivity contribution < 1.29 is 21.1 Å². The summed E-state index contributed by atoms with van der Waals surface area (Å²) in [6.07, 6.45) is 6.84. The molecule has 0 amide bonds. The molecule has 0 atom stereocenters. The minimum atomic E-state index is 0. The molecule has 0 bridgehead atoms. The molecule has 2 aromatic carbocycles. The summed E-state index contributed by atoms with van der Waals surface area (Å²) in [5.41, 5.74) is 2.05. The maximum atomic E-state index is 4.52. The fraction of sp³-hybridized carbons (Fsp3) is 0.111. The van der Waals surface area contributed by atoms with Crippen molar-refractivity contribution in [2.45, 2.75) is 0 Å². The van der Waals surface area contributed by atoms with Crippen LogP contribution in [-0.2, 0) is 46.3 Å². The Labute approximate surface area is 161 Å². The Kier molecular flexibility index (Phi) is 8.60. The Bertz CT molecular complexity index is 827. The van der Waals surface area contributed by atoms with Crippen LogP contribution in [0.25, 0.3) is 32.6 Å². The molecule has 2 aromatic heterocycles. The molecule has 2 heterocycles. The van der Waals surface area contributed by atoms with Gasteiger partial charge in [0, 0.05) is 28.6 Å². The molecule has 2 nitrogen and oxygen atoms in total. The van der Waals surface area contributed by atoms with Gasteiger partial charge in [0.2, 0.25) is 0 Å². The average molecular weight is 520 g/mol. The van der Waals surface area contributed by atoms with Gasteiger partial charge in [-0.05, 0) is 17.5 Å². The molecule has 120 valence electrons. The van der Waals surface area contributed by atoms with E-state index >= 15 is 0 Å². The third-order valence-corrected chi connectivity index (χ3v) is 3.33. The van der Waals surface area contributed by atoms with Crippen molar-refractivity contribution in [2.75, 3.05) is 12.5 Å². The number of rotatable bonds is 0. The predicted molar refractivity (Wildman–Crippen MR) is 101 cm³/mol. The summed E-state index contributed by atoms with van der Waals surface area (Å²) in [6.45, 7) is 0. The first-order chi connectivity index (χ1) is 10.9. The minimum absolute atomic E-state index is 0. The molecule has 0 aliphatic rings. The molecule has 0 N–H and O–H groups in total. The maximum absolute atomic E-state index is 4.52. The van der Waals surface area contributed by atoms with E-state index in [1.54, 1.807) is 12.5 Å². The second-order valence-electron chi connectivity index (χ2n) is 4.38. The molecule has 0 saturated carbocycles. The number of fused-ring (bicyclic) bond motifs is 5. The van der Waals surface area contributed by atoms with Crippen LogP contribution in [0.4, 0.5) is 0 Å². The Morgan fingerprint density at radius 2 is 1.00 bits per heavy atom. The largest absolute Gasteiger partial charge is 2.00 e. The zero-order valence-electron chi connectivity index (χ0n) is 12.8. The van der Waals surface area contributed by atoms with Crippen LogP contribution in [-0.4, -0.2) is 22.5 Å². The first-order valence-corrected chi connectivity index (χ1v) is 8.40. The zero-order valence-corrected chi connectivity index (χ0v) is 16.7. The summed E-state index contributed by atoms with van der Waals surface area (Å²) in [5.74, 6) is 0. The Morgan fingerprint density at radius 3 is 1.43 bits per heavy atom. The smallest absolute Gasteiger partial charge is 0.796 e. The molecule has 23 heavy (non-hydrogen) atoms. The molecule has 0 unspecified atom stereocenters. The van der Waals surface area contributed by atoms with Gasteiger partial charge in [-0.25, -0.2) is 0 Å². The monoisotopic (exact) mass is 519 g/mol. The fourth-order valence-electron chi connectivity index (χ4n) is 2.49. The molecule has 4 rings (SSSR count). The maximum Gasteiger partial charge on any atom is 2.00 e. The summed E-state index contributed by atoms with van der Waals surface area (Å²) in [6, 6.07) is 16.6. The molecule has 5 heteroatoms. The van der Waals surface area contributed by atoms with Gasteiger partial charge in [-0.1, -0.05) is 36.4 Å². The van der Waals surface area contributed by atoms with E-state index in [-0.39, 0.29) is 21.1 Å². The van der Waals surface area contributed by atoms with Crippen LogP contribution in [0.5, 0.6) is 0 Å². The van der Waals surface area contributed by atoms with Crippen LogP contribution in [0.3, 0.4) is 0 Å². The van der Waals surface area contributed by atoms with Gasteiger partial charge in [-0.2, -0.15) is 12.5 Å². The van der Waals surface area contributed by atoms with Crippen molar-refractivity contribution in [2.24, 2.45) is 0 Å². The van der Waals surface area contributed by atoms with E-state index in [1.807, 2.05) is 24.5 Å². The Morgan fingerprint density at radius 1 is 0.609 bits per heavy atom. The van der Waals surface area contributed by atoms with Crippen LogP contribution in [0.1, 0.15) is 0 Å². The number of aromatic nitrogens is 2. The quantitative estimate of drug-likeness (QED) is 0.256. The summed E-state index contributed by atoms with van der Waals surface area (Å²) >= 11 is 8.17. The number of nitrogens with zero attached hydrogens (tertiary/aromatic N) is 2. The molecule has 0 radical (unpaired) electrons. The van der Waals surface area contributed by atoms with Gasteiger partial charge in [-0.3, -0.25) is 9.97 Å². The number of hydrogen-bond donors (Lipinski definition) is 0. The van der Waals surface area contributed by atoms with Crippen LogP contribution in [0.2, 0.25) is 0 Å². The van der Waals surface area contributed by atoms with Crippen molar-refractivity contribution >= 4 is 57.8 Å². The van der Waals surface area contributed by atoms with E-state index in [4.69, 9.17) is 0 Å². The summed E-state index contributed by atoms with van der Waals surface area (Å²) in [7, 11) is 0. The van der Waals surface area contributed by atoms with E-state index in [9.17, 15) is 0 Å². The van der Waals surface area contributed by atoms with Gasteiger partial charge < -0.3 is 25.3 Å². The normalized spacial score (nSPS) is 9.39. The summed E-state index contributed by atoms with van der Waals surface area (Å²) in [4.78, 5) is 9.04. The van der Waals surface area contributed by atoms with Gasteiger partial charge in [0.15, 0.2) is 0 Å². The molecule has 0 aliphatic heterocycles. The predicted octanol–water partition coefficient (Wildman–Crippen LogP) is 4.26. The number of pyridine rings is 2. The summed E-state index contributed by atoms with van der Waals surface area (Å²) < 4.78 is 0. The Hall–Kier alpha value is -1.09. The SMILES string of the molecule is C[S-].C[S-].[Pt+2].c1cnc2c(c1)ccc1ccc3cccnc3c12. The van der Waals surface area contributed by atoms with Crippen molar-refractivity contribution in [3.8, 4) is 0 Å². The average Bonchev–Trinajstić information content (AvgIpc) is 2.64. The van der Waals surface area contributed by atoms with E-state index in [0.29, 0.717) is 0 Å². The third kappa shape index (κ3) is 4.06. The molecule has 0 spiro atoms. The minimum Gasteiger partial charge on any atom is -0.796 e. The van der Waals surface area contributed by atoms with Crippen LogP contribution >= 0.6 is 0 Å². The van der Waals surface area contributed by atoms with Crippen LogP contribution in [0.15, 0.2) is 60.9 Å². The molecular weight excluding hydrogens is 503 g/mol. The van der Waals surface area contributed by atoms with E-state index in [0.717, 1.165) is 27.2 Å². The molecule has 0 saturated heterocycles. The van der Waals surface area contributed by atoms with Gasteiger partial charge >= 0.3 is 21.1 Å². The second-order valence-corrected chi connectivity index (χ2v) is 4.38. The van der Waals surface area contributed by atoms with Crippen molar-refractivity contribution in [1.29, 1.82) is 0 Å². The molecule has 0 fully saturated rings. The van der Waals surface area contributed by atoms with Crippen molar-refractivity contribution in [3.63, 3.8) is 0 Å². The van der Waals surface area contributed by atoms with Gasteiger partial charge in [0.05, 0.1) is 11.0 Å². The first-order valence-electron chi connectivity index (χ1n) is 6.76. The molecule has 4 aromatic rings. The van der Waals surface area contributed by atoms with Gasteiger partial charge in [0.25, 0.3) is 0 Å². The standard InChI is InChI=1S/C16H10N2.2CH4S.Pt/c1-3-12-7-5-11-6-8-13-4-2-10-18-16(13)14(11)15(12)17-9-1;2*1-2;/h1-10H;2*2H,1H3;/q;;;+2/p-2. The number of benzene rings is 2. The van der Waals surface area contributed by atoms with Crippen LogP contribution in [0, 0.1) is 0 Å². The van der Waals surface area contributed by atoms with Gasteiger partial charge in [-0.15, -0.1) is 0 Å². The topological polar surface area (TPSA) is 25.8 Å². The second kappa shape index (κ2) is 9.92. The van der Waals surface area contributed by atoms with Crippen LogP contribution < -0.4 is 0 Å². The number of hydrogen-bond acceptors (Lipinski definition) is 4. The summed E-state index contributed by atoms with van der Waals surface area (Å²) in [5, 5.41) is 4.64. The fourth-order valence-corrected chi connectivity index (χ4v) is 2.49. The zero-order chi connectivity index (χ0) is 15.9. The van der Waals surface area contributed by atoms with E-state index in [2.05, 4.69) is 71.6 Å². The molecular formula is C18H16N2PtS2.